The highest BCUT2D eigenvalue weighted by Gasteiger charge is 2.28. The van der Waals surface area contributed by atoms with Crippen LogP contribution in [0.5, 0.6) is 0 Å². The van der Waals surface area contributed by atoms with Gasteiger partial charge in [-0.2, -0.15) is 11.8 Å². The Hall–Kier alpha value is -0.550. The smallest absolute Gasteiger partial charge is 0.0759 e. The number of thioether (sulfide) groups is 1. The van der Waals surface area contributed by atoms with Gasteiger partial charge in [0.25, 0.3) is 0 Å². The molecule has 0 radical (unpaired) electrons. The zero-order valence-corrected chi connectivity index (χ0v) is 11.5. The summed E-state index contributed by atoms with van der Waals surface area (Å²) in [5, 5.41) is 11.9. The van der Waals surface area contributed by atoms with Crippen LogP contribution in [0.15, 0.2) is 6.20 Å². The van der Waals surface area contributed by atoms with Gasteiger partial charge in [-0.15, -0.1) is 5.10 Å². The van der Waals surface area contributed by atoms with Crippen molar-refractivity contribution in [2.24, 2.45) is 5.92 Å². The quantitative estimate of drug-likeness (QED) is 0.844. The summed E-state index contributed by atoms with van der Waals surface area (Å²) < 4.78 is 2.07. The van der Waals surface area contributed by atoms with Crippen molar-refractivity contribution in [3.63, 3.8) is 0 Å². The largest absolute Gasteiger partial charge is 0.309 e. The average Bonchev–Trinajstić information content (AvgIpc) is 2.97. The molecule has 2 unspecified atom stereocenters. The Morgan fingerprint density at radius 2 is 2.47 bits per heavy atom. The van der Waals surface area contributed by atoms with Crippen LogP contribution >= 0.6 is 11.8 Å². The van der Waals surface area contributed by atoms with E-state index in [1.165, 1.54) is 23.6 Å². The third kappa shape index (κ3) is 3.01. The Morgan fingerprint density at radius 1 is 1.59 bits per heavy atom. The summed E-state index contributed by atoms with van der Waals surface area (Å²) in [4.78, 5) is 0. The molecule has 0 aliphatic carbocycles. The van der Waals surface area contributed by atoms with Gasteiger partial charge in [-0.1, -0.05) is 19.1 Å². The molecule has 1 N–H and O–H groups in total. The van der Waals surface area contributed by atoms with Gasteiger partial charge in [0.15, 0.2) is 0 Å². The molecule has 1 aromatic rings. The average molecular weight is 254 g/mol. The van der Waals surface area contributed by atoms with E-state index in [4.69, 9.17) is 0 Å². The zero-order valence-electron chi connectivity index (χ0n) is 10.7. The van der Waals surface area contributed by atoms with E-state index < -0.39 is 0 Å². The summed E-state index contributed by atoms with van der Waals surface area (Å²) in [5.41, 5.74) is 1.27. The van der Waals surface area contributed by atoms with Crippen molar-refractivity contribution in [1.29, 1.82) is 0 Å². The number of aryl methyl sites for hydroxylation is 1. The first-order valence-corrected chi connectivity index (χ1v) is 7.71. The van der Waals surface area contributed by atoms with Gasteiger partial charge < -0.3 is 5.32 Å². The molecule has 1 aromatic heterocycles. The standard InChI is InChI=1S/C12H22N4S/c1-3-6-16-11(8-14-15-16)12(13-4-2)10-5-7-17-9-10/h8,10,12-13H,3-7,9H2,1-2H3. The summed E-state index contributed by atoms with van der Waals surface area (Å²) in [5.74, 6) is 3.28. The molecule has 1 fully saturated rings. The molecule has 0 aromatic carbocycles. The SMILES string of the molecule is CCCn1nncc1C(NCC)C1CCSC1. The molecule has 4 nitrogen and oxygen atoms in total. The second kappa shape index (κ2) is 6.40. The highest BCUT2D eigenvalue weighted by atomic mass is 32.2. The summed E-state index contributed by atoms with van der Waals surface area (Å²) in [7, 11) is 0. The molecular formula is C12H22N4S. The van der Waals surface area contributed by atoms with E-state index in [-0.39, 0.29) is 0 Å². The van der Waals surface area contributed by atoms with Crippen LogP contribution in [0.2, 0.25) is 0 Å². The normalized spacial score (nSPS) is 21.9. The first-order chi connectivity index (χ1) is 8.36. The molecular weight excluding hydrogens is 232 g/mol. The maximum absolute atomic E-state index is 4.20. The van der Waals surface area contributed by atoms with Gasteiger partial charge in [0.1, 0.15) is 0 Å². The van der Waals surface area contributed by atoms with Crippen LogP contribution in [-0.2, 0) is 6.54 Å². The molecule has 2 heterocycles. The predicted molar refractivity (Wildman–Crippen MR) is 72.2 cm³/mol. The minimum absolute atomic E-state index is 0.427. The number of hydrogen-bond acceptors (Lipinski definition) is 4. The topological polar surface area (TPSA) is 42.7 Å². The number of nitrogens with zero attached hydrogens (tertiary/aromatic N) is 3. The van der Waals surface area contributed by atoms with E-state index in [9.17, 15) is 0 Å². The van der Waals surface area contributed by atoms with Crippen LogP contribution in [0.1, 0.15) is 38.4 Å². The molecule has 0 saturated carbocycles. The fourth-order valence-electron chi connectivity index (χ4n) is 2.44. The van der Waals surface area contributed by atoms with Crippen LogP contribution in [-0.4, -0.2) is 33.0 Å². The minimum Gasteiger partial charge on any atom is -0.309 e. The van der Waals surface area contributed by atoms with E-state index in [1.54, 1.807) is 0 Å². The fraction of sp³-hybridized carbons (Fsp3) is 0.833. The van der Waals surface area contributed by atoms with Crippen LogP contribution in [0, 0.1) is 5.92 Å². The molecule has 1 saturated heterocycles. The molecule has 5 heteroatoms. The summed E-state index contributed by atoms with van der Waals surface area (Å²) in [6.07, 6.45) is 4.35. The Kier molecular flexibility index (Phi) is 4.86. The van der Waals surface area contributed by atoms with Crippen LogP contribution < -0.4 is 5.32 Å². The summed E-state index contributed by atoms with van der Waals surface area (Å²) in [6.45, 7) is 6.32. The lowest BCUT2D eigenvalue weighted by Gasteiger charge is -2.24. The Balaban J connectivity index is 2.15. The van der Waals surface area contributed by atoms with Crippen molar-refractivity contribution in [2.75, 3.05) is 18.1 Å². The van der Waals surface area contributed by atoms with E-state index in [2.05, 4.69) is 45.9 Å². The molecule has 2 atom stereocenters. The van der Waals surface area contributed by atoms with Gasteiger partial charge in [-0.3, -0.25) is 0 Å². The van der Waals surface area contributed by atoms with Gasteiger partial charge in [0, 0.05) is 6.54 Å². The maximum Gasteiger partial charge on any atom is 0.0759 e. The van der Waals surface area contributed by atoms with E-state index in [0.717, 1.165) is 25.4 Å². The minimum atomic E-state index is 0.427. The van der Waals surface area contributed by atoms with Crippen LogP contribution in [0.25, 0.3) is 0 Å². The third-order valence-corrected chi connectivity index (χ3v) is 4.45. The number of rotatable bonds is 6. The van der Waals surface area contributed by atoms with E-state index >= 15 is 0 Å². The Labute approximate surface area is 108 Å². The maximum atomic E-state index is 4.20. The molecule has 0 amide bonds. The second-order valence-electron chi connectivity index (χ2n) is 4.54. The van der Waals surface area contributed by atoms with Gasteiger partial charge in [-0.25, -0.2) is 4.68 Å². The monoisotopic (exact) mass is 254 g/mol. The molecule has 1 aliphatic heterocycles. The predicted octanol–water partition coefficient (Wildman–Crippen LogP) is 2.09. The highest BCUT2D eigenvalue weighted by Crippen LogP contribution is 2.33. The van der Waals surface area contributed by atoms with Crippen molar-refractivity contribution >= 4 is 11.8 Å². The summed E-state index contributed by atoms with van der Waals surface area (Å²) in [6, 6.07) is 0.427. The van der Waals surface area contributed by atoms with Gasteiger partial charge in [0.2, 0.25) is 0 Å². The van der Waals surface area contributed by atoms with Crippen LogP contribution in [0.3, 0.4) is 0 Å². The number of hydrogen-bond donors (Lipinski definition) is 1. The Morgan fingerprint density at radius 3 is 3.12 bits per heavy atom. The molecule has 0 bridgehead atoms. The molecule has 1 aliphatic rings. The van der Waals surface area contributed by atoms with Crippen molar-refractivity contribution in [1.82, 2.24) is 20.3 Å². The second-order valence-corrected chi connectivity index (χ2v) is 5.69. The van der Waals surface area contributed by atoms with Crippen molar-refractivity contribution < 1.29 is 0 Å². The molecule has 96 valence electrons. The molecule has 0 spiro atoms. The molecule has 17 heavy (non-hydrogen) atoms. The first kappa shape index (κ1) is 12.9. The first-order valence-electron chi connectivity index (χ1n) is 6.56. The van der Waals surface area contributed by atoms with Crippen molar-refractivity contribution in [3.8, 4) is 0 Å². The third-order valence-electron chi connectivity index (χ3n) is 3.26. The van der Waals surface area contributed by atoms with Gasteiger partial charge >= 0.3 is 0 Å². The zero-order chi connectivity index (χ0) is 12.1. The lowest BCUT2D eigenvalue weighted by Crippen LogP contribution is -2.30. The lowest BCUT2D eigenvalue weighted by atomic mass is 9.96. The number of aromatic nitrogens is 3. The van der Waals surface area contributed by atoms with Crippen molar-refractivity contribution in [3.05, 3.63) is 11.9 Å². The van der Waals surface area contributed by atoms with E-state index in [1.807, 2.05) is 6.20 Å². The lowest BCUT2D eigenvalue weighted by molar-refractivity contribution is 0.371. The summed E-state index contributed by atoms with van der Waals surface area (Å²) >= 11 is 2.06. The Bertz CT molecular complexity index is 333. The fourth-order valence-corrected chi connectivity index (χ4v) is 3.74. The van der Waals surface area contributed by atoms with Crippen LogP contribution in [0.4, 0.5) is 0 Å². The van der Waals surface area contributed by atoms with Gasteiger partial charge in [-0.05, 0) is 36.8 Å². The molecule has 2 rings (SSSR count). The number of nitrogens with one attached hydrogen (secondary N) is 1. The van der Waals surface area contributed by atoms with Gasteiger partial charge in [0.05, 0.1) is 17.9 Å². The van der Waals surface area contributed by atoms with Crippen molar-refractivity contribution in [2.45, 2.75) is 39.3 Å². The highest BCUT2D eigenvalue weighted by molar-refractivity contribution is 7.99. The van der Waals surface area contributed by atoms with E-state index in [0.29, 0.717) is 6.04 Å².